The molecule has 0 amide bonds. The number of benzene rings is 2. The summed E-state index contributed by atoms with van der Waals surface area (Å²) < 4.78 is 5.71. The van der Waals surface area contributed by atoms with E-state index in [1.165, 1.54) is 23.2 Å². The molecule has 21 heavy (non-hydrogen) atoms. The van der Waals surface area contributed by atoms with Crippen LogP contribution in [0.25, 0.3) is 0 Å². The minimum Gasteiger partial charge on any atom is -0.491 e. The Hall–Kier alpha value is -1.96. The Kier molecular flexibility index (Phi) is 4.14. The van der Waals surface area contributed by atoms with Gasteiger partial charge in [0.05, 0.1) is 6.10 Å². The van der Waals surface area contributed by atoms with Crippen LogP contribution in [0.5, 0.6) is 5.75 Å². The Labute approximate surface area is 127 Å². The van der Waals surface area contributed by atoms with Gasteiger partial charge >= 0.3 is 0 Å². The van der Waals surface area contributed by atoms with Gasteiger partial charge in [-0.2, -0.15) is 0 Å². The predicted molar refractivity (Wildman–Crippen MR) is 88.2 cm³/mol. The number of anilines is 1. The average Bonchev–Trinajstić information content (AvgIpc) is 2.49. The minimum absolute atomic E-state index is 0.229. The zero-order valence-electron chi connectivity index (χ0n) is 12.8. The van der Waals surface area contributed by atoms with E-state index in [4.69, 9.17) is 4.74 Å². The van der Waals surface area contributed by atoms with Gasteiger partial charge in [0, 0.05) is 12.2 Å². The quantitative estimate of drug-likeness (QED) is 0.883. The smallest absolute Gasteiger partial charge is 0.119 e. The van der Waals surface area contributed by atoms with Gasteiger partial charge in [-0.15, -0.1) is 0 Å². The first-order valence-electron chi connectivity index (χ1n) is 7.81. The molecule has 0 fully saturated rings. The molecule has 3 rings (SSSR count). The molecule has 2 heteroatoms. The second-order valence-electron chi connectivity index (χ2n) is 6.01. The summed E-state index contributed by atoms with van der Waals surface area (Å²) in [6.45, 7) is 5.18. The van der Waals surface area contributed by atoms with Crippen LogP contribution in [0.2, 0.25) is 0 Å². The highest BCUT2D eigenvalue weighted by atomic mass is 16.5. The summed E-state index contributed by atoms with van der Waals surface area (Å²) in [5.41, 5.74) is 4.13. The SMILES string of the molecule is CC(C)Oc1ccc(CC2CCNc3ccccc32)cc1. The van der Waals surface area contributed by atoms with Gasteiger partial charge < -0.3 is 10.1 Å². The van der Waals surface area contributed by atoms with E-state index >= 15 is 0 Å². The van der Waals surface area contributed by atoms with Crippen molar-refractivity contribution in [2.24, 2.45) is 0 Å². The summed E-state index contributed by atoms with van der Waals surface area (Å²) in [5, 5.41) is 3.49. The monoisotopic (exact) mass is 281 g/mol. The average molecular weight is 281 g/mol. The fourth-order valence-corrected chi connectivity index (χ4v) is 3.02. The number of rotatable bonds is 4. The lowest BCUT2D eigenvalue weighted by Gasteiger charge is -2.26. The van der Waals surface area contributed by atoms with E-state index in [1.54, 1.807) is 0 Å². The van der Waals surface area contributed by atoms with Gasteiger partial charge in [0.1, 0.15) is 5.75 Å². The van der Waals surface area contributed by atoms with Crippen LogP contribution in [0, 0.1) is 0 Å². The number of para-hydroxylation sites is 1. The molecule has 0 saturated heterocycles. The van der Waals surface area contributed by atoms with Crippen LogP contribution in [-0.2, 0) is 6.42 Å². The molecule has 1 N–H and O–H groups in total. The van der Waals surface area contributed by atoms with E-state index in [9.17, 15) is 0 Å². The summed E-state index contributed by atoms with van der Waals surface area (Å²) >= 11 is 0. The van der Waals surface area contributed by atoms with Crippen LogP contribution in [0.1, 0.15) is 37.3 Å². The van der Waals surface area contributed by atoms with Crippen LogP contribution in [0.3, 0.4) is 0 Å². The van der Waals surface area contributed by atoms with Crippen LogP contribution in [0.4, 0.5) is 5.69 Å². The van der Waals surface area contributed by atoms with Crippen molar-refractivity contribution in [3.63, 3.8) is 0 Å². The second kappa shape index (κ2) is 6.21. The summed E-state index contributed by atoms with van der Waals surface area (Å²) in [4.78, 5) is 0. The lowest BCUT2D eigenvalue weighted by molar-refractivity contribution is 0.242. The molecular formula is C19H23NO. The van der Waals surface area contributed by atoms with Gasteiger partial charge in [-0.05, 0) is 61.9 Å². The van der Waals surface area contributed by atoms with Crippen molar-refractivity contribution in [2.75, 3.05) is 11.9 Å². The molecule has 2 nitrogen and oxygen atoms in total. The topological polar surface area (TPSA) is 21.3 Å². The third kappa shape index (κ3) is 3.38. The molecule has 0 radical (unpaired) electrons. The third-order valence-corrected chi connectivity index (χ3v) is 3.99. The van der Waals surface area contributed by atoms with E-state index < -0.39 is 0 Å². The third-order valence-electron chi connectivity index (χ3n) is 3.99. The largest absolute Gasteiger partial charge is 0.491 e. The van der Waals surface area contributed by atoms with Gasteiger partial charge in [0.15, 0.2) is 0 Å². The summed E-state index contributed by atoms with van der Waals surface area (Å²) in [7, 11) is 0. The van der Waals surface area contributed by atoms with E-state index in [-0.39, 0.29) is 6.10 Å². The number of hydrogen-bond acceptors (Lipinski definition) is 2. The minimum atomic E-state index is 0.229. The van der Waals surface area contributed by atoms with Crippen molar-refractivity contribution in [1.29, 1.82) is 0 Å². The number of hydrogen-bond donors (Lipinski definition) is 1. The molecule has 0 aromatic heterocycles. The Morgan fingerprint density at radius 1 is 1.10 bits per heavy atom. The van der Waals surface area contributed by atoms with E-state index in [0.29, 0.717) is 5.92 Å². The lowest BCUT2D eigenvalue weighted by atomic mass is 9.86. The molecule has 1 heterocycles. The highest BCUT2D eigenvalue weighted by Gasteiger charge is 2.19. The van der Waals surface area contributed by atoms with E-state index in [1.807, 2.05) is 0 Å². The molecule has 110 valence electrons. The fraction of sp³-hybridized carbons (Fsp3) is 0.368. The molecule has 2 aromatic rings. The zero-order chi connectivity index (χ0) is 14.7. The molecule has 0 aliphatic carbocycles. The number of fused-ring (bicyclic) bond motifs is 1. The Morgan fingerprint density at radius 3 is 2.62 bits per heavy atom. The molecule has 1 atom stereocenters. The zero-order valence-corrected chi connectivity index (χ0v) is 12.8. The molecule has 0 saturated carbocycles. The standard InChI is InChI=1S/C19H23NO/c1-14(2)21-17-9-7-15(8-10-17)13-16-11-12-20-19-6-4-3-5-18(16)19/h3-10,14,16,20H,11-13H2,1-2H3. The summed E-state index contributed by atoms with van der Waals surface area (Å²) in [5.74, 6) is 1.57. The predicted octanol–water partition coefficient (Wildman–Crippen LogP) is 4.62. The maximum Gasteiger partial charge on any atom is 0.119 e. The van der Waals surface area contributed by atoms with Gasteiger partial charge in [-0.1, -0.05) is 30.3 Å². The van der Waals surface area contributed by atoms with Crippen LogP contribution < -0.4 is 10.1 Å². The van der Waals surface area contributed by atoms with Crippen molar-refractivity contribution in [2.45, 2.75) is 38.7 Å². The van der Waals surface area contributed by atoms with Crippen LogP contribution in [0.15, 0.2) is 48.5 Å². The van der Waals surface area contributed by atoms with Gasteiger partial charge in [-0.25, -0.2) is 0 Å². The fourth-order valence-electron chi connectivity index (χ4n) is 3.02. The molecule has 0 bridgehead atoms. The highest BCUT2D eigenvalue weighted by Crippen LogP contribution is 2.33. The Morgan fingerprint density at radius 2 is 1.86 bits per heavy atom. The Bertz CT molecular complexity index is 589. The van der Waals surface area contributed by atoms with Gasteiger partial charge in [0.25, 0.3) is 0 Å². The molecule has 1 unspecified atom stereocenters. The first-order chi connectivity index (χ1) is 10.2. The first-order valence-corrected chi connectivity index (χ1v) is 7.81. The van der Waals surface area contributed by atoms with Crippen molar-refractivity contribution in [1.82, 2.24) is 0 Å². The molecule has 0 spiro atoms. The summed E-state index contributed by atoms with van der Waals surface area (Å²) in [6.07, 6.45) is 2.52. The van der Waals surface area contributed by atoms with Crippen LogP contribution >= 0.6 is 0 Å². The molecule has 2 aromatic carbocycles. The Balaban J connectivity index is 1.73. The van der Waals surface area contributed by atoms with Crippen molar-refractivity contribution >= 4 is 5.69 Å². The normalized spacial score (nSPS) is 17.2. The van der Waals surface area contributed by atoms with Crippen LogP contribution in [-0.4, -0.2) is 12.6 Å². The second-order valence-corrected chi connectivity index (χ2v) is 6.01. The summed E-state index contributed by atoms with van der Waals surface area (Å²) in [6, 6.07) is 17.2. The highest BCUT2D eigenvalue weighted by molar-refractivity contribution is 5.55. The van der Waals surface area contributed by atoms with E-state index in [0.717, 1.165) is 18.7 Å². The van der Waals surface area contributed by atoms with Gasteiger partial charge in [0.2, 0.25) is 0 Å². The van der Waals surface area contributed by atoms with Crippen molar-refractivity contribution < 1.29 is 4.74 Å². The number of ether oxygens (including phenoxy) is 1. The first kappa shape index (κ1) is 14.0. The van der Waals surface area contributed by atoms with Crippen molar-refractivity contribution in [3.8, 4) is 5.75 Å². The maximum absolute atomic E-state index is 5.71. The van der Waals surface area contributed by atoms with Gasteiger partial charge in [-0.3, -0.25) is 0 Å². The van der Waals surface area contributed by atoms with Crippen molar-refractivity contribution in [3.05, 3.63) is 59.7 Å². The molecule has 1 aliphatic rings. The maximum atomic E-state index is 5.71. The van der Waals surface area contributed by atoms with E-state index in [2.05, 4.69) is 67.7 Å². The molecular weight excluding hydrogens is 258 g/mol. The molecule has 1 aliphatic heterocycles. The lowest BCUT2D eigenvalue weighted by Crippen LogP contribution is -2.18. The number of nitrogens with one attached hydrogen (secondary N) is 1.